The maximum Gasteiger partial charge on any atom is 0.233 e. The number of likely N-dealkylation sites (tertiary alicyclic amines) is 1. The zero-order chi connectivity index (χ0) is 15.9. The minimum atomic E-state index is -0.472. The van der Waals surface area contributed by atoms with Gasteiger partial charge >= 0.3 is 0 Å². The molecule has 1 saturated carbocycles. The van der Waals surface area contributed by atoms with E-state index in [1.807, 2.05) is 11.0 Å². The number of halogens is 1. The zero-order valence-electron chi connectivity index (χ0n) is 13.4. The number of carbonyl (C=O) groups is 1. The van der Waals surface area contributed by atoms with Crippen LogP contribution in [0.4, 0.5) is 4.39 Å². The molecule has 0 radical (unpaired) electrons. The fraction of sp³-hybridized carbons (Fsp3) is 0.526. The molecule has 23 heavy (non-hydrogen) atoms. The lowest BCUT2D eigenvalue weighted by atomic mass is 9.63. The summed E-state index contributed by atoms with van der Waals surface area (Å²) in [5, 5.41) is 0. The molecule has 2 fully saturated rings. The molecule has 2 heterocycles. The zero-order valence-corrected chi connectivity index (χ0v) is 13.4. The van der Waals surface area contributed by atoms with E-state index in [0.29, 0.717) is 6.04 Å². The fourth-order valence-electron chi connectivity index (χ4n) is 4.26. The third-order valence-corrected chi connectivity index (χ3v) is 5.81. The molecule has 0 bridgehead atoms. The second-order valence-corrected chi connectivity index (χ2v) is 7.06. The SMILES string of the molecule is O=C(N1CC[C@H](N2CC=CC2)C1)C1(c2cccc(F)c2)CCC1. The van der Waals surface area contributed by atoms with Gasteiger partial charge in [-0.05, 0) is 37.0 Å². The van der Waals surface area contributed by atoms with Crippen molar-refractivity contribution in [2.45, 2.75) is 37.1 Å². The first-order chi connectivity index (χ1) is 11.2. The summed E-state index contributed by atoms with van der Waals surface area (Å²) in [4.78, 5) is 17.6. The van der Waals surface area contributed by atoms with Gasteiger partial charge in [0.25, 0.3) is 0 Å². The molecule has 1 saturated heterocycles. The molecular formula is C19H23FN2O. The van der Waals surface area contributed by atoms with Crippen LogP contribution in [0.3, 0.4) is 0 Å². The van der Waals surface area contributed by atoms with Crippen molar-refractivity contribution in [3.8, 4) is 0 Å². The fourth-order valence-corrected chi connectivity index (χ4v) is 4.26. The summed E-state index contributed by atoms with van der Waals surface area (Å²) in [7, 11) is 0. The lowest BCUT2D eigenvalue weighted by molar-refractivity contribution is -0.140. The molecule has 3 aliphatic rings. The number of amides is 1. The van der Waals surface area contributed by atoms with Gasteiger partial charge in [0.1, 0.15) is 5.82 Å². The maximum absolute atomic E-state index is 13.6. The average molecular weight is 314 g/mol. The van der Waals surface area contributed by atoms with Crippen LogP contribution in [0.2, 0.25) is 0 Å². The highest BCUT2D eigenvalue weighted by atomic mass is 19.1. The Balaban J connectivity index is 1.51. The van der Waals surface area contributed by atoms with E-state index in [2.05, 4.69) is 17.1 Å². The summed E-state index contributed by atoms with van der Waals surface area (Å²) in [6.45, 7) is 3.65. The summed E-state index contributed by atoms with van der Waals surface area (Å²) < 4.78 is 13.6. The van der Waals surface area contributed by atoms with Crippen LogP contribution in [0.25, 0.3) is 0 Å². The third kappa shape index (κ3) is 2.49. The van der Waals surface area contributed by atoms with Gasteiger partial charge in [0, 0.05) is 32.2 Å². The molecule has 2 aliphatic heterocycles. The van der Waals surface area contributed by atoms with Gasteiger partial charge in [-0.1, -0.05) is 30.7 Å². The number of nitrogens with zero attached hydrogens (tertiary/aromatic N) is 2. The van der Waals surface area contributed by atoms with Gasteiger partial charge < -0.3 is 4.90 Å². The topological polar surface area (TPSA) is 23.6 Å². The van der Waals surface area contributed by atoms with Crippen molar-refractivity contribution >= 4 is 5.91 Å². The van der Waals surface area contributed by atoms with Gasteiger partial charge in [-0.3, -0.25) is 9.69 Å². The van der Waals surface area contributed by atoms with Crippen LogP contribution in [0.15, 0.2) is 36.4 Å². The molecule has 4 rings (SSSR count). The van der Waals surface area contributed by atoms with Crippen molar-refractivity contribution in [1.82, 2.24) is 9.80 Å². The first-order valence-electron chi connectivity index (χ1n) is 8.63. The molecule has 0 spiro atoms. The molecule has 0 unspecified atom stereocenters. The lowest BCUT2D eigenvalue weighted by Crippen LogP contribution is -2.51. The number of rotatable bonds is 3. The summed E-state index contributed by atoms with van der Waals surface area (Å²) in [6, 6.07) is 7.11. The predicted molar refractivity (Wildman–Crippen MR) is 87.6 cm³/mol. The van der Waals surface area contributed by atoms with Gasteiger partial charge in [0.2, 0.25) is 5.91 Å². The molecular weight excluding hydrogens is 291 g/mol. The van der Waals surface area contributed by atoms with Gasteiger partial charge in [0.05, 0.1) is 5.41 Å². The quantitative estimate of drug-likeness (QED) is 0.801. The molecule has 0 N–H and O–H groups in total. The van der Waals surface area contributed by atoms with Gasteiger partial charge in [0.15, 0.2) is 0 Å². The van der Waals surface area contributed by atoms with E-state index in [1.165, 1.54) is 6.07 Å². The first kappa shape index (κ1) is 14.9. The van der Waals surface area contributed by atoms with E-state index in [4.69, 9.17) is 0 Å². The van der Waals surface area contributed by atoms with Crippen LogP contribution in [-0.4, -0.2) is 47.9 Å². The van der Waals surface area contributed by atoms with Gasteiger partial charge in [-0.25, -0.2) is 4.39 Å². The molecule has 3 nitrogen and oxygen atoms in total. The van der Waals surface area contributed by atoms with Crippen molar-refractivity contribution < 1.29 is 9.18 Å². The monoisotopic (exact) mass is 314 g/mol. The van der Waals surface area contributed by atoms with Crippen LogP contribution in [0.1, 0.15) is 31.2 Å². The van der Waals surface area contributed by atoms with Gasteiger partial charge in [-0.2, -0.15) is 0 Å². The van der Waals surface area contributed by atoms with Crippen molar-refractivity contribution in [1.29, 1.82) is 0 Å². The second-order valence-electron chi connectivity index (χ2n) is 7.06. The van der Waals surface area contributed by atoms with Crippen LogP contribution in [0, 0.1) is 5.82 Å². The smallest absolute Gasteiger partial charge is 0.233 e. The first-order valence-corrected chi connectivity index (χ1v) is 8.63. The number of hydrogen-bond acceptors (Lipinski definition) is 2. The van der Waals surface area contributed by atoms with Gasteiger partial charge in [-0.15, -0.1) is 0 Å². The minimum absolute atomic E-state index is 0.212. The average Bonchev–Trinajstić information content (AvgIpc) is 3.17. The van der Waals surface area contributed by atoms with Crippen LogP contribution in [-0.2, 0) is 10.2 Å². The van der Waals surface area contributed by atoms with E-state index in [-0.39, 0.29) is 11.7 Å². The Kier molecular flexibility index (Phi) is 3.72. The Labute approximate surface area is 136 Å². The van der Waals surface area contributed by atoms with E-state index in [0.717, 1.165) is 57.4 Å². The lowest BCUT2D eigenvalue weighted by Gasteiger charge is -2.43. The molecule has 1 aromatic rings. The Hall–Kier alpha value is -1.68. The van der Waals surface area contributed by atoms with E-state index < -0.39 is 5.41 Å². The summed E-state index contributed by atoms with van der Waals surface area (Å²) in [5.74, 6) is -0.0342. The summed E-state index contributed by atoms with van der Waals surface area (Å²) >= 11 is 0. The highest BCUT2D eigenvalue weighted by Crippen LogP contribution is 2.46. The Bertz CT molecular complexity index is 630. The van der Waals surface area contributed by atoms with E-state index >= 15 is 0 Å². The summed E-state index contributed by atoms with van der Waals surface area (Å²) in [5.41, 5.74) is 0.389. The van der Waals surface area contributed by atoms with Crippen LogP contribution in [0.5, 0.6) is 0 Å². The molecule has 0 aromatic heterocycles. The molecule has 1 atom stereocenters. The number of benzene rings is 1. The Morgan fingerprint density at radius 1 is 1.22 bits per heavy atom. The predicted octanol–water partition coefficient (Wildman–Crippen LogP) is 2.72. The van der Waals surface area contributed by atoms with Crippen molar-refractivity contribution in [3.05, 3.63) is 47.8 Å². The van der Waals surface area contributed by atoms with Crippen molar-refractivity contribution in [2.75, 3.05) is 26.2 Å². The van der Waals surface area contributed by atoms with E-state index in [1.54, 1.807) is 12.1 Å². The standard InChI is InChI=1S/C19H23FN2O/c20-16-6-3-5-15(13-16)19(8-4-9-19)18(23)22-12-7-17(14-22)21-10-1-2-11-21/h1-3,5-6,13,17H,4,7-12,14H2/t17-/m0/s1. The molecule has 4 heteroatoms. The van der Waals surface area contributed by atoms with E-state index in [9.17, 15) is 9.18 Å². The van der Waals surface area contributed by atoms with Crippen molar-refractivity contribution in [2.24, 2.45) is 0 Å². The van der Waals surface area contributed by atoms with Crippen LogP contribution >= 0.6 is 0 Å². The Morgan fingerprint density at radius 2 is 2.00 bits per heavy atom. The number of carbonyl (C=O) groups excluding carboxylic acids is 1. The molecule has 1 amide bonds. The number of hydrogen-bond donors (Lipinski definition) is 0. The van der Waals surface area contributed by atoms with Crippen LogP contribution < -0.4 is 0 Å². The third-order valence-electron chi connectivity index (χ3n) is 5.81. The highest BCUT2D eigenvalue weighted by Gasteiger charge is 2.49. The minimum Gasteiger partial charge on any atom is -0.340 e. The Morgan fingerprint density at radius 3 is 2.65 bits per heavy atom. The maximum atomic E-state index is 13.6. The molecule has 1 aromatic carbocycles. The van der Waals surface area contributed by atoms with Crippen molar-refractivity contribution in [3.63, 3.8) is 0 Å². The second kappa shape index (κ2) is 5.75. The molecule has 1 aliphatic carbocycles. The largest absolute Gasteiger partial charge is 0.340 e. The normalized spacial score (nSPS) is 26.5. The summed E-state index contributed by atoms with van der Waals surface area (Å²) in [6.07, 6.45) is 8.20. The highest BCUT2D eigenvalue weighted by molar-refractivity contribution is 5.89. The molecule has 122 valence electrons.